The quantitative estimate of drug-likeness (QED) is 0.333. The van der Waals surface area contributed by atoms with Gasteiger partial charge in [0.1, 0.15) is 10.1 Å². The first kappa shape index (κ1) is 30.1. The molecule has 1 aliphatic rings. The van der Waals surface area contributed by atoms with Gasteiger partial charge in [-0.2, -0.15) is 13.2 Å². The van der Waals surface area contributed by atoms with Crippen LogP contribution >= 0.6 is 58.0 Å². The number of anilines is 1. The number of carbonyl (C=O) groups is 2. The van der Waals surface area contributed by atoms with Gasteiger partial charge in [0.2, 0.25) is 5.91 Å². The van der Waals surface area contributed by atoms with Gasteiger partial charge in [0.25, 0.3) is 5.91 Å². The summed E-state index contributed by atoms with van der Waals surface area (Å²) in [5.74, 6) is -5.84. The lowest BCUT2D eigenvalue weighted by molar-refractivity contribution is -0.117. The fraction of sp³-hybridized carbons (Fsp3) is 0.364. The first-order valence-corrected chi connectivity index (χ1v) is 14.1. The fourth-order valence-corrected chi connectivity index (χ4v) is 6.89. The van der Waals surface area contributed by atoms with E-state index in [0.29, 0.717) is 15.6 Å². The van der Waals surface area contributed by atoms with Crippen LogP contribution in [0.25, 0.3) is 0 Å². The van der Waals surface area contributed by atoms with Crippen LogP contribution < -0.4 is 10.6 Å². The third-order valence-corrected chi connectivity index (χ3v) is 8.80. The summed E-state index contributed by atoms with van der Waals surface area (Å²) < 4.78 is 59.4. The molecule has 0 spiro atoms. The number of benzene rings is 2. The molecule has 0 aromatic heterocycles. The minimum atomic E-state index is -4.90. The Hall–Kier alpha value is -1.43. The Morgan fingerprint density at radius 2 is 1.65 bits per heavy atom. The lowest BCUT2D eigenvalue weighted by Gasteiger charge is -2.16. The predicted molar refractivity (Wildman–Crippen MR) is 139 cm³/mol. The Morgan fingerprint density at radius 3 is 2.22 bits per heavy atom. The zero-order chi connectivity index (χ0) is 27.9. The first-order chi connectivity index (χ1) is 16.9. The van der Waals surface area contributed by atoms with Gasteiger partial charge >= 0.3 is 6.18 Å². The number of hydrogen-bond donors (Lipinski definition) is 2. The van der Waals surface area contributed by atoms with Crippen molar-refractivity contribution in [3.63, 3.8) is 0 Å². The van der Waals surface area contributed by atoms with Crippen LogP contribution in [0.1, 0.15) is 28.8 Å². The van der Waals surface area contributed by atoms with Crippen molar-refractivity contribution in [1.82, 2.24) is 5.32 Å². The molecule has 1 fully saturated rings. The van der Waals surface area contributed by atoms with E-state index in [1.54, 1.807) is 12.1 Å². The fourth-order valence-electron chi connectivity index (χ4n) is 3.85. The van der Waals surface area contributed by atoms with Crippen LogP contribution in [-0.4, -0.2) is 48.3 Å². The summed E-state index contributed by atoms with van der Waals surface area (Å²) in [5, 5.41) is 5.53. The van der Waals surface area contributed by atoms with Crippen molar-refractivity contribution in [2.24, 2.45) is 5.92 Å². The largest absolute Gasteiger partial charge is 0.402 e. The van der Waals surface area contributed by atoms with Crippen molar-refractivity contribution in [2.75, 3.05) is 16.8 Å². The summed E-state index contributed by atoms with van der Waals surface area (Å²) in [7, 11) is -4.52. The SMILES string of the molecule is C[C@H](CS(=O)(=O)CC(F)(F)F)NC(=O)c1cc(NC(=O)[C@H]2[C@H](c3cc(Cl)cc(Cl)c3)C2(Cl)Cl)ccc1Cl. The monoisotopic (exact) mass is 638 g/mol. The number of sulfone groups is 1. The topological polar surface area (TPSA) is 92.3 Å². The zero-order valence-electron chi connectivity index (χ0n) is 18.7. The number of rotatable bonds is 8. The molecule has 1 saturated carbocycles. The summed E-state index contributed by atoms with van der Waals surface area (Å²) in [5.41, 5.74) is 0.570. The predicted octanol–water partition coefficient (Wildman–Crippen LogP) is 6.27. The second kappa shape index (κ2) is 11.0. The molecule has 0 unspecified atom stereocenters. The molecule has 3 rings (SSSR count). The minimum absolute atomic E-state index is 0.0391. The Balaban J connectivity index is 1.70. The van der Waals surface area contributed by atoms with Crippen molar-refractivity contribution >= 4 is 85.3 Å². The van der Waals surface area contributed by atoms with Crippen LogP contribution in [0.3, 0.4) is 0 Å². The molecule has 2 aromatic carbocycles. The highest BCUT2D eigenvalue weighted by Gasteiger charge is 2.67. The molecule has 202 valence electrons. The average molecular weight is 641 g/mol. The molecule has 1 aliphatic carbocycles. The van der Waals surface area contributed by atoms with Crippen LogP contribution in [0.15, 0.2) is 36.4 Å². The standard InChI is InChI=1S/C22H18Cl5F3N2O4S/c1-10(8-37(35,36)9-21(28,29)30)31-19(33)15-7-14(2-3-16(15)25)32-20(34)18-17(22(18,26)27)11-4-12(23)6-13(24)5-11/h2-7,10,17-18H,8-9H2,1H3,(H,31,33)(H,32,34)/t10-,17+,18-/m1/s1. The Kier molecular flexibility index (Phi) is 8.94. The third-order valence-electron chi connectivity index (χ3n) is 5.32. The van der Waals surface area contributed by atoms with Crippen LogP contribution in [0.5, 0.6) is 0 Å². The molecule has 2 amide bonds. The molecular formula is C22H18Cl5F3N2O4S. The van der Waals surface area contributed by atoms with E-state index in [4.69, 9.17) is 58.0 Å². The molecule has 0 aliphatic heterocycles. The molecule has 0 bridgehead atoms. The van der Waals surface area contributed by atoms with E-state index in [0.717, 1.165) is 0 Å². The van der Waals surface area contributed by atoms with Gasteiger partial charge in [-0.05, 0) is 48.9 Å². The van der Waals surface area contributed by atoms with Crippen LogP contribution in [0.4, 0.5) is 18.9 Å². The van der Waals surface area contributed by atoms with E-state index >= 15 is 0 Å². The molecule has 2 aromatic rings. The molecule has 15 heteroatoms. The molecule has 6 nitrogen and oxygen atoms in total. The second-order valence-electron chi connectivity index (χ2n) is 8.56. The van der Waals surface area contributed by atoms with Crippen LogP contribution in [-0.2, 0) is 14.6 Å². The first-order valence-electron chi connectivity index (χ1n) is 10.4. The zero-order valence-corrected chi connectivity index (χ0v) is 23.3. The normalized spacial score (nSPS) is 19.7. The summed E-state index contributed by atoms with van der Waals surface area (Å²) in [6.07, 6.45) is -4.90. The molecular weight excluding hydrogens is 623 g/mol. The van der Waals surface area contributed by atoms with Gasteiger partial charge in [0.15, 0.2) is 9.84 Å². The molecule has 0 radical (unpaired) electrons. The number of carbonyl (C=O) groups excluding carboxylic acids is 2. The van der Waals surface area contributed by atoms with Gasteiger partial charge in [-0.1, -0.05) is 34.8 Å². The van der Waals surface area contributed by atoms with Crippen LogP contribution in [0, 0.1) is 5.92 Å². The molecule has 37 heavy (non-hydrogen) atoms. The van der Waals surface area contributed by atoms with Crippen LogP contribution in [0.2, 0.25) is 15.1 Å². The van der Waals surface area contributed by atoms with Crippen molar-refractivity contribution in [2.45, 2.75) is 29.4 Å². The van der Waals surface area contributed by atoms with E-state index in [-0.39, 0.29) is 16.3 Å². The van der Waals surface area contributed by atoms with Crippen molar-refractivity contribution < 1.29 is 31.2 Å². The Morgan fingerprint density at radius 1 is 1.05 bits per heavy atom. The summed E-state index contributed by atoms with van der Waals surface area (Å²) in [4.78, 5) is 25.6. The van der Waals surface area contributed by atoms with Crippen molar-refractivity contribution in [3.8, 4) is 0 Å². The maximum atomic E-state index is 12.9. The highest BCUT2D eigenvalue weighted by Crippen LogP contribution is 2.65. The summed E-state index contributed by atoms with van der Waals surface area (Å²) in [6, 6.07) is 7.49. The van der Waals surface area contributed by atoms with E-state index < -0.39 is 61.5 Å². The van der Waals surface area contributed by atoms with E-state index in [9.17, 15) is 31.2 Å². The highest BCUT2D eigenvalue weighted by molar-refractivity contribution is 7.91. The molecule has 0 saturated heterocycles. The van der Waals surface area contributed by atoms with Gasteiger partial charge in [-0.25, -0.2) is 8.42 Å². The highest BCUT2D eigenvalue weighted by atomic mass is 35.5. The second-order valence-corrected chi connectivity index (χ2v) is 13.4. The van der Waals surface area contributed by atoms with E-state index in [1.807, 2.05) is 0 Å². The number of hydrogen-bond acceptors (Lipinski definition) is 4. The van der Waals surface area contributed by atoms with Gasteiger partial charge in [-0.3, -0.25) is 9.59 Å². The van der Waals surface area contributed by atoms with E-state index in [1.165, 1.54) is 31.2 Å². The number of amides is 2. The minimum Gasteiger partial charge on any atom is -0.349 e. The van der Waals surface area contributed by atoms with Gasteiger partial charge in [0, 0.05) is 27.7 Å². The smallest absolute Gasteiger partial charge is 0.349 e. The van der Waals surface area contributed by atoms with Gasteiger partial charge in [-0.15, -0.1) is 23.2 Å². The molecule has 3 atom stereocenters. The molecule has 2 N–H and O–H groups in total. The third kappa shape index (κ3) is 7.80. The number of alkyl halides is 5. The van der Waals surface area contributed by atoms with E-state index in [2.05, 4.69) is 10.6 Å². The van der Waals surface area contributed by atoms with Gasteiger partial charge < -0.3 is 10.6 Å². The Bertz CT molecular complexity index is 1320. The molecule has 0 heterocycles. The maximum Gasteiger partial charge on any atom is 0.402 e. The maximum absolute atomic E-state index is 12.9. The number of nitrogens with one attached hydrogen (secondary N) is 2. The van der Waals surface area contributed by atoms with Crippen molar-refractivity contribution in [1.29, 1.82) is 0 Å². The van der Waals surface area contributed by atoms with Gasteiger partial charge in [0.05, 0.1) is 22.3 Å². The lowest BCUT2D eigenvalue weighted by atomic mass is 10.1. The lowest BCUT2D eigenvalue weighted by Crippen LogP contribution is -2.39. The van der Waals surface area contributed by atoms with Crippen molar-refractivity contribution in [3.05, 3.63) is 62.6 Å². The Labute approximate surface area is 235 Å². The summed E-state index contributed by atoms with van der Waals surface area (Å²) >= 11 is 30.8. The number of halogens is 8. The summed E-state index contributed by atoms with van der Waals surface area (Å²) in [6.45, 7) is 1.24. The average Bonchev–Trinajstić information content (AvgIpc) is 3.28.